The van der Waals surface area contributed by atoms with Crippen LogP contribution in [0.25, 0.3) is 0 Å². The van der Waals surface area contributed by atoms with Crippen LogP contribution < -0.4 is 14.2 Å². The highest BCUT2D eigenvalue weighted by atomic mass is 32.2. The molecule has 0 atom stereocenters. The second-order valence-electron chi connectivity index (χ2n) is 4.43. The lowest BCUT2D eigenvalue weighted by molar-refractivity contribution is 0.0724. The maximum absolute atomic E-state index is 12.0. The van der Waals surface area contributed by atoms with Gasteiger partial charge in [0.1, 0.15) is 18.1 Å². The van der Waals surface area contributed by atoms with E-state index in [1.54, 1.807) is 31.4 Å². The SMILES string of the molecule is COc1ccc(OCCNS(=O)(=O)N2CCOCC2)cc1. The molecule has 7 nitrogen and oxygen atoms in total. The Kier molecular flexibility index (Phi) is 5.80. The van der Waals surface area contributed by atoms with Crippen LogP contribution in [0, 0.1) is 0 Å². The van der Waals surface area contributed by atoms with Crippen LogP contribution in [0.3, 0.4) is 0 Å². The van der Waals surface area contributed by atoms with Gasteiger partial charge in [-0.1, -0.05) is 0 Å². The highest BCUT2D eigenvalue weighted by molar-refractivity contribution is 7.87. The number of nitrogens with one attached hydrogen (secondary N) is 1. The predicted octanol–water partition coefficient (Wildman–Crippen LogP) is 0.241. The maximum atomic E-state index is 12.0. The third-order valence-electron chi connectivity index (χ3n) is 3.02. The van der Waals surface area contributed by atoms with Gasteiger partial charge in [-0.15, -0.1) is 0 Å². The van der Waals surface area contributed by atoms with Gasteiger partial charge in [-0.3, -0.25) is 0 Å². The molecule has 1 aromatic carbocycles. The zero-order valence-electron chi connectivity index (χ0n) is 11.9. The Morgan fingerprint density at radius 1 is 1.19 bits per heavy atom. The third kappa shape index (κ3) is 4.85. The summed E-state index contributed by atoms with van der Waals surface area (Å²) in [5.74, 6) is 1.41. The van der Waals surface area contributed by atoms with Crippen LogP contribution in [0.5, 0.6) is 11.5 Å². The number of hydrogen-bond donors (Lipinski definition) is 1. The standard InChI is InChI=1S/C13H20N2O5S/c1-18-12-2-4-13(5-3-12)20-9-6-14-21(16,17)15-7-10-19-11-8-15/h2-5,14H,6-11H2,1H3. The topological polar surface area (TPSA) is 77.1 Å². The largest absolute Gasteiger partial charge is 0.497 e. The van der Waals surface area contributed by atoms with Gasteiger partial charge in [-0.2, -0.15) is 17.4 Å². The molecule has 1 saturated heterocycles. The lowest BCUT2D eigenvalue weighted by atomic mass is 10.3. The van der Waals surface area contributed by atoms with Crippen molar-refractivity contribution < 1.29 is 22.6 Å². The van der Waals surface area contributed by atoms with Crippen molar-refractivity contribution in [2.45, 2.75) is 0 Å². The summed E-state index contributed by atoms with van der Waals surface area (Å²) in [4.78, 5) is 0. The molecule has 21 heavy (non-hydrogen) atoms. The van der Waals surface area contributed by atoms with E-state index in [-0.39, 0.29) is 13.2 Å². The van der Waals surface area contributed by atoms with Crippen molar-refractivity contribution >= 4 is 10.2 Å². The van der Waals surface area contributed by atoms with Crippen molar-refractivity contribution in [2.24, 2.45) is 0 Å². The van der Waals surface area contributed by atoms with Gasteiger partial charge in [-0.25, -0.2) is 0 Å². The Bertz CT molecular complexity index is 526. The van der Waals surface area contributed by atoms with E-state index in [0.29, 0.717) is 32.1 Å². The molecule has 0 radical (unpaired) electrons. The number of nitrogens with zero attached hydrogens (tertiary/aromatic N) is 1. The number of hydrogen-bond acceptors (Lipinski definition) is 5. The highest BCUT2D eigenvalue weighted by Gasteiger charge is 2.23. The molecule has 2 rings (SSSR count). The van der Waals surface area contributed by atoms with Crippen molar-refractivity contribution in [3.8, 4) is 11.5 Å². The lowest BCUT2D eigenvalue weighted by Gasteiger charge is -2.26. The average Bonchev–Trinajstić information content (AvgIpc) is 2.53. The molecule has 0 aliphatic carbocycles. The minimum atomic E-state index is -3.45. The van der Waals surface area contributed by atoms with Crippen LogP contribution in [0.1, 0.15) is 0 Å². The molecule has 1 aromatic rings. The summed E-state index contributed by atoms with van der Waals surface area (Å²) >= 11 is 0. The predicted molar refractivity (Wildman–Crippen MR) is 77.8 cm³/mol. The first kappa shape index (κ1) is 16.0. The second kappa shape index (κ2) is 7.60. The minimum absolute atomic E-state index is 0.214. The van der Waals surface area contributed by atoms with E-state index >= 15 is 0 Å². The molecule has 1 aliphatic heterocycles. The van der Waals surface area contributed by atoms with Gasteiger partial charge in [-0.05, 0) is 24.3 Å². The Morgan fingerprint density at radius 2 is 1.81 bits per heavy atom. The summed E-state index contributed by atoms with van der Waals surface area (Å²) in [6.45, 7) is 2.11. The number of methoxy groups -OCH3 is 1. The molecule has 0 amide bonds. The van der Waals surface area contributed by atoms with Crippen molar-refractivity contribution in [1.29, 1.82) is 0 Å². The monoisotopic (exact) mass is 316 g/mol. The van der Waals surface area contributed by atoms with Gasteiger partial charge in [0, 0.05) is 19.6 Å². The molecule has 1 heterocycles. The molecule has 0 spiro atoms. The number of rotatable bonds is 7. The van der Waals surface area contributed by atoms with Gasteiger partial charge in [0.25, 0.3) is 10.2 Å². The molecule has 1 fully saturated rings. The molecule has 0 unspecified atom stereocenters. The zero-order chi connectivity index (χ0) is 15.1. The van der Waals surface area contributed by atoms with Crippen molar-refractivity contribution in [3.05, 3.63) is 24.3 Å². The van der Waals surface area contributed by atoms with Gasteiger partial charge >= 0.3 is 0 Å². The summed E-state index contributed by atoms with van der Waals surface area (Å²) in [5.41, 5.74) is 0. The second-order valence-corrected chi connectivity index (χ2v) is 6.19. The zero-order valence-corrected chi connectivity index (χ0v) is 12.8. The van der Waals surface area contributed by atoms with Crippen molar-refractivity contribution in [3.63, 3.8) is 0 Å². The summed E-state index contributed by atoms with van der Waals surface area (Å²) in [5, 5.41) is 0. The van der Waals surface area contributed by atoms with Crippen LogP contribution in [0.2, 0.25) is 0 Å². The summed E-state index contributed by atoms with van der Waals surface area (Å²) in [6, 6.07) is 7.12. The smallest absolute Gasteiger partial charge is 0.279 e. The molecular formula is C13H20N2O5S. The van der Waals surface area contributed by atoms with Gasteiger partial charge in [0.15, 0.2) is 0 Å². The molecule has 1 aliphatic rings. The fourth-order valence-corrected chi connectivity index (χ4v) is 3.04. The van der Waals surface area contributed by atoms with Crippen LogP contribution >= 0.6 is 0 Å². The summed E-state index contributed by atoms with van der Waals surface area (Å²) in [6.07, 6.45) is 0. The van der Waals surface area contributed by atoms with Crippen LogP contribution in [-0.4, -0.2) is 59.3 Å². The third-order valence-corrected chi connectivity index (χ3v) is 4.64. The van der Waals surface area contributed by atoms with Crippen LogP contribution in [0.15, 0.2) is 24.3 Å². The van der Waals surface area contributed by atoms with E-state index < -0.39 is 10.2 Å². The first-order chi connectivity index (χ1) is 10.1. The van der Waals surface area contributed by atoms with Gasteiger partial charge < -0.3 is 14.2 Å². The lowest BCUT2D eigenvalue weighted by Crippen LogP contribution is -2.47. The van der Waals surface area contributed by atoms with Gasteiger partial charge in [0.2, 0.25) is 0 Å². The van der Waals surface area contributed by atoms with Gasteiger partial charge in [0.05, 0.1) is 20.3 Å². The van der Waals surface area contributed by atoms with E-state index in [1.807, 2.05) is 0 Å². The first-order valence-electron chi connectivity index (χ1n) is 6.71. The number of morpholine rings is 1. The fourth-order valence-electron chi connectivity index (χ4n) is 1.89. The van der Waals surface area contributed by atoms with E-state index in [9.17, 15) is 8.42 Å². The average molecular weight is 316 g/mol. The Morgan fingerprint density at radius 3 is 2.43 bits per heavy atom. The molecule has 1 N–H and O–H groups in total. The van der Waals surface area contributed by atoms with E-state index in [2.05, 4.69) is 4.72 Å². The first-order valence-corrected chi connectivity index (χ1v) is 8.15. The maximum Gasteiger partial charge on any atom is 0.279 e. The highest BCUT2D eigenvalue weighted by Crippen LogP contribution is 2.16. The van der Waals surface area contributed by atoms with Crippen LogP contribution in [-0.2, 0) is 14.9 Å². The quantitative estimate of drug-likeness (QED) is 0.729. The van der Waals surface area contributed by atoms with Crippen molar-refractivity contribution in [1.82, 2.24) is 9.03 Å². The van der Waals surface area contributed by atoms with E-state index in [1.165, 1.54) is 4.31 Å². The van der Waals surface area contributed by atoms with Crippen LogP contribution in [0.4, 0.5) is 0 Å². The Labute approximate surface area is 125 Å². The Hall–Kier alpha value is -1.35. The summed E-state index contributed by atoms with van der Waals surface area (Å²) < 4.78 is 43.5. The number of benzene rings is 1. The van der Waals surface area contributed by atoms with E-state index in [4.69, 9.17) is 14.2 Å². The fraction of sp³-hybridized carbons (Fsp3) is 0.538. The molecule has 0 aromatic heterocycles. The molecular weight excluding hydrogens is 296 g/mol. The van der Waals surface area contributed by atoms with E-state index in [0.717, 1.165) is 5.75 Å². The molecule has 8 heteroatoms. The molecule has 0 saturated carbocycles. The minimum Gasteiger partial charge on any atom is -0.497 e. The molecule has 118 valence electrons. The normalized spacial score (nSPS) is 16.6. The van der Waals surface area contributed by atoms with Crippen molar-refractivity contribution in [2.75, 3.05) is 46.6 Å². The Balaban J connectivity index is 1.73. The molecule has 0 bridgehead atoms. The number of ether oxygens (including phenoxy) is 3. The summed E-state index contributed by atoms with van der Waals surface area (Å²) in [7, 11) is -1.85.